The van der Waals surface area contributed by atoms with Crippen LogP contribution in [0.5, 0.6) is 0 Å². The number of aryl methyl sites for hydroxylation is 1. The summed E-state index contributed by atoms with van der Waals surface area (Å²) in [7, 11) is 2.09. The van der Waals surface area contributed by atoms with Crippen LogP contribution < -0.4 is 0 Å². The molecule has 0 spiro atoms. The van der Waals surface area contributed by atoms with Crippen molar-refractivity contribution in [2.45, 2.75) is 19.4 Å². The maximum Gasteiger partial charge on any atom is 0.305 e. The second-order valence-electron chi connectivity index (χ2n) is 4.78. The van der Waals surface area contributed by atoms with E-state index >= 15 is 0 Å². The second-order valence-corrected chi connectivity index (χ2v) is 5.67. The van der Waals surface area contributed by atoms with E-state index in [9.17, 15) is 4.79 Å². The molecule has 1 atom stereocenters. The number of hydrogen-bond acceptors (Lipinski definition) is 5. The molecule has 0 aliphatic carbocycles. The zero-order valence-corrected chi connectivity index (χ0v) is 11.6. The van der Waals surface area contributed by atoms with Gasteiger partial charge in [0.05, 0.1) is 12.5 Å². The zero-order valence-electron chi connectivity index (χ0n) is 10.8. The fourth-order valence-corrected chi connectivity index (χ4v) is 3.13. The number of hydrogen-bond donors (Lipinski definition) is 1. The van der Waals surface area contributed by atoms with Gasteiger partial charge >= 0.3 is 5.97 Å². The monoisotopic (exact) mass is 269 g/mol. The Balaban J connectivity index is 2.12. The number of piperazine rings is 1. The molecule has 1 unspecified atom stereocenters. The molecule has 0 bridgehead atoms. The summed E-state index contributed by atoms with van der Waals surface area (Å²) in [6.07, 6.45) is 0.136. The molecule has 2 heterocycles. The van der Waals surface area contributed by atoms with E-state index in [1.165, 1.54) is 0 Å². The van der Waals surface area contributed by atoms with E-state index < -0.39 is 5.97 Å². The average molecular weight is 269 g/mol. The number of likely N-dealkylation sites (N-methyl/N-ethyl adjacent to an activating group) is 1. The Morgan fingerprint density at radius 3 is 2.67 bits per heavy atom. The van der Waals surface area contributed by atoms with Crippen molar-refractivity contribution >= 4 is 17.3 Å². The molecule has 100 valence electrons. The molecule has 1 aliphatic rings. The van der Waals surface area contributed by atoms with Crippen molar-refractivity contribution in [1.82, 2.24) is 14.8 Å². The molecule has 0 saturated carbocycles. The summed E-state index contributed by atoms with van der Waals surface area (Å²) in [5, 5.41) is 12.0. The van der Waals surface area contributed by atoms with Crippen LogP contribution >= 0.6 is 11.3 Å². The molecule has 1 aliphatic heterocycles. The molecule has 1 aromatic rings. The minimum Gasteiger partial charge on any atom is -0.481 e. The molecule has 2 rings (SSSR count). The van der Waals surface area contributed by atoms with Gasteiger partial charge in [0, 0.05) is 37.3 Å². The van der Waals surface area contributed by atoms with Gasteiger partial charge < -0.3 is 10.0 Å². The first kappa shape index (κ1) is 13.5. The standard InChI is InChI=1S/C12H19N3O2S/c1-9-8-18-12(13-9)10(7-11(16)17)15-5-3-14(2)4-6-15/h8,10H,3-7H2,1-2H3,(H,16,17). The molecule has 5 nitrogen and oxygen atoms in total. The third-order valence-electron chi connectivity index (χ3n) is 3.27. The van der Waals surface area contributed by atoms with Gasteiger partial charge in [-0.2, -0.15) is 0 Å². The molecule has 1 N–H and O–H groups in total. The highest BCUT2D eigenvalue weighted by molar-refractivity contribution is 7.09. The van der Waals surface area contributed by atoms with Crippen LogP contribution in [0, 0.1) is 6.92 Å². The summed E-state index contributed by atoms with van der Waals surface area (Å²) < 4.78 is 0. The van der Waals surface area contributed by atoms with E-state index in [1.54, 1.807) is 11.3 Å². The number of rotatable bonds is 4. The molecule has 18 heavy (non-hydrogen) atoms. The SMILES string of the molecule is Cc1csc(C(CC(=O)O)N2CCN(C)CC2)n1. The normalized spacial score (nSPS) is 19.9. The van der Waals surface area contributed by atoms with Crippen molar-refractivity contribution in [3.05, 3.63) is 16.1 Å². The Bertz CT molecular complexity index is 413. The van der Waals surface area contributed by atoms with Crippen molar-refractivity contribution < 1.29 is 9.90 Å². The maximum atomic E-state index is 11.0. The lowest BCUT2D eigenvalue weighted by molar-refractivity contribution is -0.138. The van der Waals surface area contributed by atoms with Crippen molar-refractivity contribution in [3.63, 3.8) is 0 Å². The van der Waals surface area contributed by atoms with E-state index in [1.807, 2.05) is 12.3 Å². The van der Waals surface area contributed by atoms with Crippen LogP contribution in [-0.4, -0.2) is 59.1 Å². The maximum absolute atomic E-state index is 11.0. The fourth-order valence-electron chi connectivity index (χ4n) is 2.20. The first-order chi connectivity index (χ1) is 8.56. The highest BCUT2D eigenvalue weighted by Gasteiger charge is 2.27. The molecule has 1 aromatic heterocycles. The Kier molecular flexibility index (Phi) is 4.31. The van der Waals surface area contributed by atoms with Gasteiger partial charge in [0.2, 0.25) is 0 Å². The van der Waals surface area contributed by atoms with Crippen LogP contribution in [-0.2, 0) is 4.79 Å². The van der Waals surface area contributed by atoms with Gasteiger partial charge in [-0.25, -0.2) is 4.98 Å². The number of aliphatic carboxylic acids is 1. The summed E-state index contributed by atoms with van der Waals surface area (Å²) in [4.78, 5) is 20.0. The summed E-state index contributed by atoms with van der Waals surface area (Å²) in [6.45, 7) is 5.74. The predicted molar refractivity (Wildman–Crippen MR) is 70.9 cm³/mol. The first-order valence-corrected chi connectivity index (χ1v) is 7.00. The van der Waals surface area contributed by atoms with Crippen molar-refractivity contribution in [1.29, 1.82) is 0 Å². The summed E-state index contributed by atoms with van der Waals surface area (Å²) in [5.41, 5.74) is 0.972. The fraction of sp³-hybridized carbons (Fsp3) is 0.667. The van der Waals surface area contributed by atoms with Crippen molar-refractivity contribution in [3.8, 4) is 0 Å². The number of aromatic nitrogens is 1. The van der Waals surface area contributed by atoms with Gasteiger partial charge in [-0.15, -0.1) is 11.3 Å². The highest BCUT2D eigenvalue weighted by Crippen LogP contribution is 2.28. The number of carboxylic acid groups (broad SMARTS) is 1. The van der Waals surface area contributed by atoms with Crippen LogP contribution in [0.2, 0.25) is 0 Å². The number of carbonyl (C=O) groups is 1. The van der Waals surface area contributed by atoms with Crippen molar-refractivity contribution in [2.75, 3.05) is 33.2 Å². The number of nitrogens with zero attached hydrogens (tertiary/aromatic N) is 3. The molecule has 1 fully saturated rings. The van der Waals surface area contributed by atoms with E-state index in [2.05, 4.69) is 21.8 Å². The minimum atomic E-state index is -0.758. The lowest BCUT2D eigenvalue weighted by atomic mass is 10.1. The van der Waals surface area contributed by atoms with Crippen LogP contribution in [0.15, 0.2) is 5.38 Å². The topological polar surface area (TPSA) is 56.7 Å². The van der Waals surface area contributed by atoms with Gasteiger partial charge in [-0.1, -0.05) is 0 Å². The van der Waals surface area contributed by atoms with Gasteiger partial charge in [0.1, 0.15) is 5.01 Å². The Hall–Kier alpha value is -0.980. The molecule has 0 radical (unpaired) electrons. The zero-order chi connectivity index (χ0) is 13.1. The third-order valence-corrected chi connectivity index (χ3v) is 4.33. The second kappa shape index (κ2) is 5.77. The van der Waals surface area contributed by atoms with Gasteiger partial charge in [0.15, 0.2) is 0 Å². The summed E-state index contributed by atoms with van der Waals surface area (Å²) >= 11 is 1.56. The minimum absolute atomic E-state index is 0.0742. The predicted octanol–water partition coefficient (Wildman–Crippen LogP) is 1.21. The third kappa shape index (κ3) is 3.28. The largest absolute Gasteiger partial charge is 0.481 e. The van der Waals surface area contributed by atoms with Crippen molar-refractivity contribution in [2.24, 2.45) is 0 Å². The highest BCUT2D eigenvalue weighted by atomic mass is 32.1. The van der Waals surface area contributed by atoms with E-state index in [0.717, 1.165) is 36.9 Å². The Morgan fingerprint density at radius 1 is 1.50 bits per heavy atom. The van der Waals surface area contributed by atoms with Gasteiger partial charge in [0.25, 0.3) is 0 Å². The summed E-state index contributed by atoms with van der Waals surface area (Å²) in [5.74, 6) is -0.758. The number of thiazole rings is 1. The molecule has 1 saturated heterocycles. The van der Waals surface area contributed by atoms with Gasteiger partial charge in [-0.3, -0.25) is 9.69 Å². The number of carboxylic acids is 1. The summed E-state index contributed by atoms with van der Waals surface area (Å²) in [6, 6.07) is -0.0742. The first-order valence-electron chi connectivity index (χ1n) is 6.12. The van der Waals surface area contributed by atoms with Crippen LogP contribution in [0.25, 0.3) is 0 Å². The van der Waals surface area contributed by atoms with Crippen LogP contribution in [0.4, 0.5) is 0 Å². The van der Waals surface area contributed by atoms with E-state index in [0.29, 0.717) is 0 Å². The molecule has 0 aromatic carbocycles. The molecular weight excluding hydrogens is 250 g/mol. The molecule has 6 heteroatoms. The average Bonchev–Trinajstić information content (AvgIpc) is 2.74. The molecular formula is C12H19N3O2S. The van der Waals surface area contributed by atoms with E-state index in [4.69, 9.17) is 5.11 Å². The smallest absolute Gasteiger partial charge is 0.305 e. The van der Waals surface area contributed by atoms with Crippen LogP contribution in [0.3, 0.4) is 0 Å². The molecule has 0 amide bonds. The Morgan fingerprint density at radius 2 is 2.17 bits per heavy atom. The lowest BCUT2D eigenvalue weighted by Crippen LogP contribution is -2.46. The Labute approximate surface area is 111 Å². The van der Waals surface area contributed by atoms with Gasteiger partial charge in [-0.05, 0) is 14.0 Å². The lowest BCUT2D eigenvalue weighted by Gasteiger charge is -2.36. The quantitative estimate of drug-likeness (QED) is 0.890. The van der Waals surface area contributed by atoms with E-state index in [-0.39, 0.29) is 12.5 Å². The van der Waals surface area contributed by atoms with Crippen LogP contribution in [0.1, 0.15) is 23.2 Å².